The van der Waals surface area contributed by atoms with Crippen LogP contribution in [-0.2, 0) is 42.6 Å². The number of nitrogens with two attached hydrogens (primary N) is 1. The maximum absolute atomic E-state index is 14.1. The van der Waals surface area contributed by atoms with Crippen molar-refractivity contribution in [2.75, 3.05) is 26.3 Å². The third-order valence-electron chi connectivity index (χ3n) is 7.74. The Bertz CT molecular complexity index is 1320. The number of carbonyl (C=O) groups excluding carboxylic acids is 1. The summed E-state index contributed by atoms with van der Waals surface area (Å²) in [4.78, 5) is 38.1. The van der Waals surface area contributed by atoms with Crippen LogP contribution < -0.4 is 5.73 Å². The molecule has 0 atom stereocenters. The van der Waals surface area contributed by atoms with Gasteiger partial charge in [-0.1, -0.05) is 51.4 Å². The van der Waals surface area contributed by atoms with E-state index in [9.17, 15) is 14.7 Å². The van der Waals surface area contributed by atoms with Crippen molar-refractivity contribution in [1.82, 2.24) is 28.9 Å². The number of carbonyl (C=O) groups is 2. The average molecular weight is 686 g/mol. The molecule has 0 saturated heterocycles. The van der Waals surface area contributed by atoms with Crippen molar-refractivity contribution >= 4 is 28.1 Å². The van der Waals surface area contributed by atoms with Crippen molar-refractivity contribution in [2.45, 2.75) is 97.3 Å². The summed E-state index contributed by atoms with van der Waals surface area (Å²) in [5, 5.41) is 9.65. The molecule has 3 aromatic rings. The van der Waals surface area contributed by atoms with E-state index in [1.165, 1.54) is 4.90 Å². The Kier molecular flexibility index (Phi) is 14.8. The van der Waals surface area contributed by atoms with Crippen molar-refractivity contribution < 1.29 is 24.2 Å². The molecule has 3 N–H and O–H groups in total. The number of benzene rings is 1. The van der Waals surface area contributed by atoms with E-state index in [1.807, 2.05) is 33.7 Å². The molecule has 1 aromatic carbocycles. The van der Waals surface area contributed by atoms with Crippen LogP contribution in [0.2, 0.25) is 51.4 Å². The smallest absolute Gasteiger partial charge is 0.407 e. The van der Waals surface area contributed by atoms with Crippen LogP contribution in [0.1, 0.15) is 40.4 Å². The molecule has 2 heterocycles. The number of ether oxygens (including phenoxy) is 2. The number of unbranched alkanes of at least 4 members (excludes halogenated alkanes) is 1. The molecule has 0 radical (unpaired) electrons. The van der Waals surface area contributed by atoms with Gasteiger partial charge in [0.15, 0.2) is 0 Å². The highest BCUT2D eigenvalue weighted by molar-refractivity contribution is 6.76. The quantitative estimate of drug-likeness (QED) is 0.106. The zero-order chi connectivity index (χ0) is 34.5. The fourth-order valence-electron chi connectivity index (χ4n) is 4.69. The predicted octanol–water partition coefficient (Wildman–Crippen LogP) is 5.77. The minimum Gasteiger partial charge on any atom is -0.465 e. The zero-order valence-corrected chi connectivity index (χ0v) is 31.2. The highest BCUT2D eigenvalue weighted by Gasteiger charge is 2.22. The molecule has 14 heteroatoms. The summed E-state index contributed by atoms with van der Waals surface area (Å²) in [6.07, 6.45) is 7.68. The number of nitrogens with zero attached hydrogens (tertiary/aromatic N) is 6. The molecule has 47 heavy (non-hydrogen) atoms. The van der Waals surface area contributed by atoms with E-state index >= 15 is 0 Å². The molecular weight excluding hydrogens is 631 g/mol. The topological polar surface area (TPSA) is 141 Å². The van der Waals surface area contributed by atoms with Crippen LogP contribution in [0.15, 0.2) is 49.1 Å². The highest BCUT2D eigenvalue weighted by Crippen LogP contribution is 2.17. The van der Waals surface area contributed by atoms with Crippen LogP contribution >= 0.6 is 0 Å². The van der Waals surface area contributed by atoms with Gasteiger partial charge in [0, 0.05) is 72.8 Å². The van der Waals surface area contributed by atoms with E-state index in [1.54, 1.807) is 29.4 Å². The van der Waals surface area contributed by atoms with E-state index < -0.39 is 22.2 Å². The molecule has 0 fully saturated rings. The monoisotopic (exact) mass is 685 g/mol. The second-order valence-electron chi connectivity index (χ2n) is 14.4. The molecule has 2 amide bonds. The van der Waals surface area contributed by atoms with Crippen LogP contribution in [0.4, 0.5) is 4.79 Å². The lowest BCUT2D eigenvalue weighted by molar-refractivity contribution is 0.0650. The van der Waals surface area contributed by atoms with Gasteiger partial charge in [0.05, 0.1) is 13.1 Å². The van der Waals surface area contributed by atoms with Crippen LogP contribution in [0.5, 0.6) is 0 Å². The summed E-state index contributed by atoms with van der Waals surface area (Å²) in [6, 6.07) is 9.26. The van der Waals surface area contributed by atoms with E-state index in [2.05, 4.69) is 49.3 Å². The molecular formula is C33H55N7O5Si2. The number of rotatable bonds is 21. The molecule has 12 nitrogen and oxygen atoms in total. The van der Waals surface area contributed by atoms with Gasteiger partial charge in [-0.2, -0.15) is 0 Å². The summed E-state index contributed by atoms with van der Waals surface area (Å²) in [5.41, 5.74) is 6.87. The van der Waals surface area contributed by atoms with Gasteiger partial charge in [0.2, 0.25) is 0 Å². The van der Waals surface area contributed by atoms with E-state index in [0.717, 1.165) is 24.1 Å². The maximum Gasteiger partial charge on any atom is 0.407 e. The normalized spacial score (nSPS) is 12.0. The lowest BCUT2D eigenvalue weighted by Gasteiger charge is -2.24. The molecule has 0 spiro atoms. The lowest BCUT2D eigenvalue weighted by Crippen LogP contribution is -2.33. The third kappa shape index (κ3) is 13.8. The second-order valence-corrected chi connectivity index (χ2v) is 25.6. The fraction of sp³-hybridized carbons (Fsp3) is 0.576. The first-order valence-corrected chi connectivity index (χ1v) is 23.9. The molecule has 0 aliphatic heterocycles. The lowest BCUT2D eigenvalue weighted by atomic mass is 10.1. The van der Waals surface area contributed by atoms with Crippen molar-refractivity contribution in [3.8, 4) is 0 Å². The van der Waals surface area contributed by atoms with Gasteiger partial charge in [0.25, 0.3) is 5.91 Å². The van der Waals surface area contributed by atoms with Gasteiger partial charge in [-0.05, 0) is 49.2 Å². The largest absolute Gasteiger partial charge is 0.465 e. The van der Waals surface area contributed by atoms with E-state index in [0.29, 0.717) is 63.4 Å². The maximum atomic E-state index is 14.1. The van der Waals surface area contributed by atoms with Crippen LogP contribution in [0, 0.1) is 0 Å². The van der Waals surface area contributed by atoms with E-state index in [4.69, 9.17) is 15.2 Å². The molecule has 0 unspecified atom stereocenters. The molecule has 2 aromatic heterocycles. The van der Waals surface area contributed by atoms with Crippen LogP contribution in [-0.4, -0.2) is 88.5 Å². The van der Waals surface area contributed by atoms with Gasteiger partial charge >= 0.3 is 6.09 Å². The Morgan fingerprint density at radius 1 is 0.787 bits per heavy atom. The average Bonchev–Trinajstić information content (AvgIpc) is 3.64. The van der Waals surface area contributed by atoms with E-state index in [-0.39, 0.29) is 25.5 Å². The third-order valence-corrected chi connectivity index (χ3v) is 11.1. The van der Waals surface area contributed by atoms with Crippen LogP contribution in [0.3, 0.4) is 0 Å². The van der Waals surface area contributed by atoms with Crippen LogP contribution in [0.25, 0.3) is 0 Å². The number of hydrogen-bond acceptors (Lipinski definition) is 7. The summed E-state index contributed by atoms with van der Waals surface area (Å²) in [6.45, 7) is 17.7. The SMILES string of the molecule is C[Si](C)(C)CCOCn1ccnc1CN(Cc1nccn1COCC[Si](C)(C)C)C(=O)c1ccc(CN(CCCCN)C(=O)O)cc1. The van der Waals surface area contributed by atoms with Gasteiger partial charge in [0.1, 0.15) is 25.1 Å². The number of hydrogen-bond donors (Lipinski definition) is 2. The Labute approximate surface area is 281 Å². The van der Waals surface area contributed by atoms with Gasteiger partial charge < -0.3 is 39.2 Å². The van der Waals surface area contributed by atoms with Crippen molar-refractivity contribution in [2.24, 2.45) is 5.73 Å². The molecule has 0 bridgehead atoms. The van der Waals surface area contributed by atoms with Crippen molar-refractivity contribution in [3.63, 3.8) is 0 Å². The first-order chi connectivity index (χ1) is 22.3. The Hall–Kier alpha value is -3.31. The van der Waals surface area contributed by atoms with Gasteiger partial charge in [-0.3, -0.25) is 4.79 Å². The standard InChI is InChI=1S/C33H55N7O5Si2/c1-46(2,3)21-19-44-26-38-17-14-35-30(38)24-40(25-31-36-15-18-39(31)27-45-20-22-47(4,5)6)32(41)29-11-9-28(10-12-29)23-37(33(42)43)16-8-7-13-34/h9-12,14-15,17-18H,7-8,13,16,19-27,34H2,1-6H3,(H,42,43). The molecule has 260 valence electrons. The summed E-state index contributed by atoms with van der Waals surface area (Å²) < 4.78 is 15.8. The Balaban J connectivity index is 1.78. The molecule has 3 rings (SSSR count). The molecule has 0 aliphatic carbocycles. The predicted molar refractivity (Wildman–Crippen MR) is 189 cm³/mol. The summed E-state index contributed by atoms with van der Waals surface area (Å²) >= 11 is 0. The van der Waals surface area contributed by atoms with Crippen molar-refractivity contribution in [1.29, 1.82) is 0 Å². The first kappa shape index (κ1) is 38.1. The second kappa shape index (κ2) is 18.3. The molecule has 0 aliphatic rings. The molecule has 0 saturated carbocycles. The number of imidazole rings is 2. The highest BCUT2D eigenvalue weighted by atomic mass is 28.3. The minimum absolute atomic E-state index is 0.182. The number of aromatic nitrogens is 4. The van der Waals surface area contributed by atoms with Gasteiger partial charge in [-0.25, -0.2) is 14.8 Å². The van der Waals surface area contributed by atoms with Crippen molar-refractivity contribution in [3.05, 3.63) is 71.8 Å². The summed E-state index contributed by atoms with van der Waals surface area (Å²) in [7, 11) is -2.44. The fourth-order valence-corrected chi connectivity index (χ4v) is 6.20. The number of carboxylic acid groups (broad SMARTS) is 1. The number of amides is 2. The summed E-state index contributed by atoms with van der Waals surface area (Å²) in [5.74, 6) is 1.24. The van der Waals surface area contributed by atoms with Gasteiger partial charge in [-0.15, -0.1) is 0 Å². The first-order valence-electron chi connectivity index (χ1n) is 16.5. The minimum atomic E-state index is -1.22. The Morgan fingerprint density at radius 3 is 1.74 bits per heavy atom. The Morgan fingerprint density at radius 2 is 1.30 bits per heavy atom. The zero-order valence-electron chi connectivity index (χ0n) is 29.2.